The summed E-state index contributed by atoms with van der Waals surface area (Å²) in [6.45, 7) is 0.879. The zero-order valence-electron chi connectivity index (χ0n) is 10.2. The van der Waals surface area contributed by atoms with Crippen molar-refractivity contribution in [1.82, 2.24) is 0 Å². The Bertz CT molecular complexity index is 625. The molecule has 2 aromatic carbocycles. The van der Waals surface area contributed by atoms with Crippen molar-refractivity contribution < 1.29 is 9.13 Å². The molecule has 2 nitrogen and oxygen atoms in total. The number of rotatable bonds is 2. The molecule has 0 bridgehead atoms. The van der Waals surface area contributed by atoms with E-state index in [1.165, 1.54) is 12.1 Å². The van der Waals surface area contributed by atoms with Gasteiger partial charge in [0.25, 0.3) is 0 Å². The number of ether oxygens (including phenoxy) is 1. The Kier molecular flexibility index (Phi) is 3.17. The zero-order valence-corrected chi connectivity index (χ0v) is 11.0. The molecule has 96 valence electrons. The first-order valence-electron chi connectivity index (χ1n) is 6.07. The smallest absolute Gasteiger partial charge is 0.128 e. The summed E-state index contributed by atoms with van der Waals surface area (Å²) in [5.74, 6) is 1.04. The topological polar surface area (TPSA) is 21.3 Å². The number of hydrogen-bond acceptors (Lipinski definition) is 3. The molecule has 0 aliphatic carbocycles. The lowest BCUT2D eigenvalue weighted by molar-refractivity contribution is 0.480. The van der Waals surface area contributed by atoms with Crippen LogP contribution in [-0.2, 0) is 0 Å². The fraction of sp³-hybridized carbons (Fsp3) is 0.133. The number of thiocarbonyl (C=S) groups is 1. The SMILES string of the molecule is Fc1ccc(Oc2ccc3c(c2)C(=S)CCN3)cc1. The van der Waals surface area contributed by atoms with Gasteiger partial charge in [0, 0.05) is 29.1 Å². The molecule has 0 fully saturated rings. The van der Waals surface area contributed by atoms with E-state index in [1.54, 1.807) is 12.1 Å². The highest BCUT2D eigenvalue weighted by molar-refractivity contribution is 7.80. The molecule has 1 N–H and O–H groups in total. The molecule has 2 aromatic rings. The number of fused-ring (bicyclic) bond motifs is 1. The highest BCUT2D eigenvalue weighted by Crippen LogP contribution is 2.29. The zero-order chi connectivity index (χ0) is 13.2. The number of benzene rings is 2. The van der Waals surface area contributed by atoms with Crippen LogP contribution in [0.3, 0.4) is 0 Å². The summed E-state index contributed by atoms with van der Waals surface area (Å²) >= 11 is 5.36. The molecule has 19 heavy (non-hydrogen) atoms. The molecule has 0 saturated carbocycles. The van der Waals surface area contributed by atoms with Crippen LogP contribution in [0.1, 0.15) is 12.0 Å². The number of hydrogen-bond donors (Lipinski definition) is 1. The Morgan fingerprint density at radius 2 is 1.79 bits per heavy atom. The van der Waals surface area contributed by atoms with Crippen molar-refractivity contribution in [3.63, 3.8) is 0 Å². The van der Waals surface area contributed by atoms with Crippen molar-refractivity contribution in [2.24, 2.45) is 0 Å². The Labute approximate surface area is 116 Å². The van der Waals surface area contributed by atoms with Gasteiger partial charge in [-0.3, -0.25) is 0 Å². The third-order valence-electron chi connectivity index (χ3n) is 3.01. The van der Waals surface area contributed by atoms with Crippen molar-refractivity contribution in [2.45, 2.75) is 6.42 Å². The monoisotopic (exact) mass is 273 g/mol. The second kappa shape index (κ2) is 4.97. The third-order valence-corrected chi connectivity index (χ3v) is 3.43. The molecule has 0 saturated heterocycles. The van der Waals surface area contributed by atoms with E-state index in [2.05, 4.69) is 5.32 Å². The van der Waals surface area contributed by atoms with Crippen LogP contribution in [0.25, 0.3) is 0 Å². The molecule has 3 rings (SSSR count). The van der Waals surface area contributed by atoms with Crippen LogP contribution >= 0.6 is 12.2 Å². The van der Waals surface area contributed by atoms with Crippen LogP contribution in [-0.4, -0.2) is 11.4 Å². The van der Waals surface area contributed by atoms with Crippen molar-refractivity contribution in [1.29, 1.82) is 0 Å². The fourth-order valence-electron chi connectivity index (χ4n) is 2.06. The van der Waals surface area contributed by atoms with E-state index in [-0.39, 0.29) is 5.82 Å². The molecule has 1 aliphatic heterocycles. The lowest BCUT2D eigenvalue weighted by Gasteiger charge is -2.19. The summed E-state index contributed by atoms with van der Waals surface area (Å²) in [6.07, 6.45) is 0.863. The standard InChI is InChI=1S/C15H12FNOS/c16-10-1-3-11(4-2-10)18-12-5-6-14-13(9-12)15(19)7-8-17-14/h1-6,9,17H,7-8H2. The van der Waals surface area contributed by atoms with E-state index in [1.807, 2.05) is 18.2 Å². The maximum absolute atomic E-state index is 12.8. The van der Waals surface area contributed by atoms with Crippen molar-refractivity contribution in [3.05, 3.63) is 53.8 Å². The van der Waals surface area contributed by atoms with Gasteiger partial charge in [0.1, 0.15) is 17.3 Å². The summed E-state index contributed by atoms with van der Waals surface area (Å²) < 4.78 is 18.5. The van der Waals surface area contributed by atoms with Crippen LogP contribution in [0.4, 0.5) is 10.1 Å². The maximum Gasteiger partial charge on any atom is 0.128 e. The third kappa shape index (κ3) is 2.58. The molecule has 0 spiro atoms. The molecule has 0 atom stereocenters. The molecule has 4 heteroatoms. The quantitative estimate of drug-likeness (QED) is 0.830. The molecular formula is C15H12FNOS. The van der Waals surface area contributed by atoms with E-state index in [4.69, 9.17) is 17.0 Å². The Morgan fingerprint density at radius 3 is 2.58 bits per heavy atom. The van der Waals surface area contributed by atoms with Crippen molar-refractivity contribution >= 4 is 22.8 Å². The minimum atomic E-state index is -0.275. The highest BCUT2D eigenvalue weighted by Gasteiger charge is 2.14. The molecule has 0 aromatic heterocycles. The molecule has 0 amide bonds. The second-order valence-electron chi connectivity index (χ2n) is 4.36. The van der Waals surface area contributed by atoms with Crippen LogP contribution in [0, 0.1) is 5.82 Å². The van der Waals surface area contributed by atoms with Gasteiger partial charge in [-0.15, -0.1) is 0 Å². The molecule has 1 aliphatic rings. The van der Waals surface area contributed by atoms with Crippen LogP contribution < -0.4 is 10.1 Å². The maximum atomic E-state index is 12.8. The summed E-state index contributed by atoms with van der Waals surface area (Å²) in [6, 6.07) is 11.7. The highest BCUT2D eigenvalue weighted by atomic mass is 32.1. The summed E-state index contributed by atoms with van der Waals surface area (Å²) in [5.41, 5.74) is 2.06. The normalized spacial score (nSPS) is 13.6. The van der Waals surface area contributed by atoms with Gasteiger partial charge in [-0.1, -0.05) is 12.2 Å². The molecule has 1 heterocycles. The fourth-order valence-corrected chi connectivity index (χ4v) is 2.33. The number of halogens is 1. The Morgan fingerprint density at radius 1 is 1.05 bits per heavy atom. The van der Waals surface area contributed by atoms with Crippen molar-refractivity contribution in [2.75, 3.05) is 11.9 Å². The Balaban J connectivity index is 1.88. The minimum Gasteiger partial charge on any atom is -0.457 e. The van der Waals surface area contributed by atoms with Gasteiger partial charge in [-0.2, -0.15) is 0 Å². The summed E-state index contributed by atoms with van der Waals surface area (Å²) in [5, 5.41) is 3.30. The lowest BCUT2D eigenvalue weighted by Crippen LogP contribution is -2.16. The van der Waals surface area contributed by atoms with Crippen LogP contribution in [0.5, 0.6) is 11.5 Å². The summed E-state index contributed by atoms with van der Waals surface area (Å²) in [7, 11) is 0. The first kappa shape index (κ1) is 12.1. The first-order chi connectivity index (χ1) is 9.22. The van der Waals surface area contributed by atoms with E-state index >= 15 is 0 Å². The molecule has 0 unspecified atom stereocenters. The Hall–Kier alpha value is -1.94. The van der Waals surface area contributed by atoms with Gasteiger partial charge in [0.15, 0.2) is 0 Å². The largest absolute Gasteiger partial charge is 0.457 e. The predicted octanol–water partition coefficient (Wildman–Crippen LogP) is 4.15. The van der Waals surface area contributed by atoms with E-state index in [0.29, 0.717) is 11.5 Å². The lowest BCUT2D eigenvalue weighted by atomic mass is 10.0. The number of nitrogens with one attached hydrogen (secondary N) is 1. The molecular weight excluding hydrogens is 261 g/mol. The van der Waals surface area contributed by atoms with E-state index < -0.39 is 0 Å². The van der Waals surface area contributed by atoms with E-state index in [0.717, 1.165) is 29.1 Å². The minimum absolute atomic E-state index is 0.275. The van der Waals surface area contributed by atoms with Gasteiger partial charge in [0.2, 0.25) is 0 Å². The van der Waals surface area contributed by atoms with Gasteiger partial charge in [-0.05, 0) is 42.5 Å². The average molecular weight is 273 g/mol. The van der Waals surface area contributed by atoms with E-state index in [9.17, 15) is 4.39 Å². The molecule has 0 radical (unpaired) electrons. The van der Waals surface area contributed by atoms with Crippen LogP contribution in [0.15, 0.2) is 42.5 Å². The van der Waals surface area contributed by atoms with Crippen molar-refractivity contribution in [3.8, 4) is 11.5 Å². The van der Waals surface area contributed by atoms with Gasteiger partial charge in [0.05, 0.1) is 0 Å². The van der Waals surface area contributed by atoms with Gasteiger partial charge in [-0.25, -0.2) is 4.39 Å². The average Bonchev–Trinajstić information content (AvgIpc) is 2.42. The van der Waals surface area contributed by atoms with Gasteiger partial charge < -0.3 is 10.1 Å². The van der Waals surface area contributed by atoms with Gasteiger partial charge >= 0.3 is 0 Å². The first-order valence-corrected chi connectivity index (χ1v) is 6.48. The number of anilines is 1. The second-order valence-corrected chi connectivity index (χ2v) is 4.86. The summed E-state index contributed by atoms with van der Waals surface area (Å²) in [4.78, 5) is 0.943. The van der Waals surface area contributed by atoms with Crippen LogP contribution in [0.2, 0.25) is 0 Å². The predicted molar refractivity (Wildman–Crippen MR) is 77.7 cm³/mol.